The maximum absolute atomic E-state index is 12.7. The molecule has 5 heteroatoms. The van der Waals surface area contributed by atoms with Crippen LogP contribution in [0.15, 0.2) is 47.1 Å². The van der Waals surface area contributed by atoms with Crippen molar-refractivity contribution in [1.82, 2.24) is 0 Å². The predicted molar refractivity (Wildman–Crippen MR) is 85.5 cm³/mol. The van der Waals surface area contributed by atoms with E-state index in [1.807, 2.05) is 18.2 Å². The number of fused-ring (bicyclic) bond motifs is 1. The smallest absolute Gasteiger partial charge is 0.294 e. The first kappa shape index (κ1) is 14.7. The zero-order chi connectivity index (χ0) is 15.4. The molecule has 1 aromatic heterocycles. The minimum atomic E-state index is -0.0916. The normalized spacial score (nSPS) is 14.6. The van der Waals surface area contributed by atoms with Crippen LogP contribution in [0.2, 0.25) is 0 Å². The fraction of sp³-hybridized carbons (Fsp3) is 0.353. The van der Waals surface area contributed by atoms with E-state index >= 15 is 0 Å². The number of rotatable bonds is 4. The number of ether oxygens (including phenoxy) is 1. The Kier molecular flexibility index (Phi) is 4.44. The van der Waals surface area contributed by atoms with Crippen molar-refractivity contribution >= 4 is 17.3 Å². The van der Waals surface area contributed by atoms with E-state index in [-0.39, 0.29) is 5.91 Å². The highest BCUT2D eigenvalue weighted by Crippen LogP contribution is 2.32. The SMILES string of the molecule is COCCN1CCCN(C(=O)c2ccco2)c2ccccc21. The summed E-state index contributed by atoms with van der Waals surface area (Å²) in [6, 6.07) is 11.4. The quantitative estimate of drug-likeness (QED) is 0.871. The molecule has 116 valence electrons. The van der Waals surface area contributed by atoms with Gasteiger partial charge in [0.2, 0.25) is 0 Å². The second kappa shape index (κ2) is 6.66. The van der Waals surface area contributed by atoms with Gasteiger partial charge in [-0.05, 0) is 30.7 Å². The monoisotopic (exact) mass is 300 g/mol. The molecule has 0 bridgehead atoms. The lowest BCUT2D eigenvalue weighted by Gasteiger charge is -2.26. The molecule has 0 saturated heterocycles. The summed E-state index contributed by atoms with van der Waals surface area (Å²) in [6.45, 7) is 3.07. The molecule has 1 aliphatic rings. The Labute approximate surface area is 130 Å². The third kappa shape index (κ3) is 2.85. The van der Waals surface area contributed by atoms with E-state index < -0.39 is 0 Å². The molecule has 0 N–H and O–H groups in total. The largest absolute Gasteiger partial charge is 0.459 e. The minimum absolute atomic E-state index is 0.0916. The van der Waals surface area contributed by atoms with Gasteiger partial charge in [-0.15, -0.1) is 0 Å². The molecule has 1 amide bonds. The van der Waals surface area contributed by atoms with Crippen LogP contribution in [0, 0.1) is 0 Å². The summed E-state index contributed by atoms with van der Waals surface area (Å²) in [6.07, 6.45) is 2.44. The summed E-state index contributed by atoms with van der Waals surface area (Å²) in [5.41, 5.74) is 1.99. The van der Waals surface area contributed by atoms with Crippen molar-refractivity contribution in [3.8, 4) is 0 Å². The molecular formula is C17H20N2O3. The number of methoxy groups -OCH3 is 1. The predicted octanol–water partition coefficient (Wildman–Crippen LogP) is 2.78. The molecule has 0 unspecified atom stereocenters. The lowest BCUT2D eigenvalue weighted by molar-refractivity contribution is 0.0960. The van der Waals surface area contributed by atoms with Gasteiger partial charge in [0, 0.05) is 26.7 Å². The van der Waals surface area contributed by atoms with Gasteiger partial charge in [0.05, 0.1) is 24.2 Å². The van der Waals surface area contributed by atoms with E-state index in [1.165, 1.54) is 6.26 Å². The van der Waals surface area contributed by atoms with Crippen LogP contribution in [0.1, 0.15) is 17.0 Å². The van der Waals surface area contributed by atoms with E-state index in [9.17, 15) is 4.79 Å². The third-order valence-corrected chi connectivity index (χ3v) is 3.87. The van der Waals surface area contributed by atoms with Gasteiger partial charge in [-0.2, -0.15) is 0 Å². The number of carbonyl (C=O) groups excluding carboxylic acids is 1. The highest BCUT2D eigenvalue weighted by Gasteiger charge is 2.26. The summed E-state index contributed by atoms with van der Waals surface area (Å²) in [5, 5.41) is 0. The first-order valence-electron chi connectivity index (χ1n) is 7.49. The number of furan rings is 1. The fourth-order valence-electron chi connectivity index (χ4n) is 2.80. The van der Waals surface area contributed by atoms with Crippen molar-refractivity contribution in [2.75, 3.05) is 43.2 Å². The van der Waals surface area contributed by atoms with Crippen molar-refractivity contribution in [3.63, 3.8) is 0 Å². The first-order valence-corrected chi connectivity index (χ1v) is 7.49. The summed E-state index contributed by atoms with van der Waals surface area (Å²) in [4.78, 5) is 16.8. The van der Waals surface area contributed by atoms with E-state index in [0.29, 0.717) is 18.9 Å². The van der Waals surface area contributed by atoms with E-state index in [0.717, 1.165) is 30.9 Å². The van der Waals surface area contributed by atoms with E-state index in [1.54, 1.807) is 24.1 Å². The zero-order valence-electron chi connectivity index (χ0n) is 12.7. The molecule has 22 heavy (non-hydrogen) atoms. The van der Waals surface area contributed by atoms with Crippen molar-refractivity contribution < 1.29 is 13.9 Å². The highest BCUT2D eigenvalue weighted by atomic mass is 16.5. The topological polar surface area (TPSA) is 45.9 Å². The number of hydrogen-bond donors (Lipinski definition) is 0. The van der Waals surface area contributed by atoms with Crippen LogP contribution in [0.3, 0.4) is 0 Å². The second-order valence-electron chi connectivity index (χ2n) is 5.26. The van der Waals surface area contributed by atoms with Gasteiger partial charge in [0.1, 0.15) is 0 Å². The van der Waals surface area contributed by atoms with Gasteiger partial charge in [-0.1, -0.05) is 12.1 Å². The van der Waals surface area contributed by atoms with Crippen LogP contribution in [0.25, 0.3) is 0 Å². The fourth-order valence-corrected chi connectivity index (χ4v) is 2.80. The molecule has 0 radical (unpaired) electrons. The maximum atomic E-state index is 12.7. The summed E-state index contributed by atoms with van der Waals surface area (Å²) in [7, 11) is 1.70. The maximum Gasteiger partial charge on any atom is 0.294 e. The molecule has 1 aromatic carbocycles. The number of para-hydroxylation sites is 2. The number of nitrogens with zero attached hydrogens (tertiary/aromatic N) is 2. The molecule has 5 nitrogen and oxygen atoms in total. The van der Waals surface area contributed by atoms with Crippen molar-refractivity contribution in [1.29, 1.82) is 0 Å². The van der Waals surface area contributed by atoms with Gasteiger partial charge in [-0.3, -0.25) is 4.79 Å². The van der Waals surface area contributed by atoms with Crippen LogP contribution >= 0.6 is 0 Å². The van der Waals surface area contributed by atoms with Crippen molar-refractivity contribution in [2.24, 2.45) is 0 Å². The molecule has 1 aliphatic heterocycles. The molecule has 3 rings (SSSR count). The number of carbonyl (C=O) groups is 1. The van der Waals surface area contributed by atoms with Crippen LogP contribution in [0.4, 0.5) is 11.4 Å². The van der Waals surface area contributed by atoms with Gasteiger partial charge in [0.15, 0.2) is 5.76 Å². The Morgan fingerprint density at radius 2 is 2.00 bits per heavy atom. The highest BCUT2D eigenvalue weighted by molar-refractivity contribution is 6.06. The summed E-state index contributed by atoms with van der Waals surface area (Å²) < 4.78 is 10.5. The average Bonchev–Trinajstić information content (AvgIpc) is 3.02. The van der Waals surface area contributed by atoms with E-state index in [4.69, 9.17) is 9.15 Å². The van der Waals surface area contributed by atoms with Gasteiger partial charge in [-0.25, -0.2) is 0 Å². The minimum Gasteiger partial charge on any atom is -0.459 e. The number of benzene rings is 1. The Hall–Kier alpha value is -2.27. The van der Waals surface area contributed by atoms with Gasteiger partial charge >= 0.3 is 0 Å². The number of hydrogen-bond acceptors (Lipinski definition) is 4. The molecule has 2 aromatic rings. The molecule has 2 heterocycles. The standard InChI is InChI=1S/C17H20N2O3/c1-21-13-11-18-9-5-10-19(15-7-3-2-6-14(15)18)17(20)16-8-4-12-22-16/h2-4,6-8,12H,5,9-11,13H2,1H3. The Balaban J connectivity index is 1.93. The Bertz CT molecular complexity index is 625. The molecule has 0 atom stereocenters. The number of anilines is 2. The van der Waals surface area contributed by atoms with Crippen LogP contribution in [-0.4, -0.2) is 39.3 Å². The van der Waals surface area contributed by atoms with Crippen molar-refractivity contribution in [2.45, 2.75) is 6.42 Å². The summed E-state index contributed by atoms with van der Waals surface area (Å²) >= 11 is 0. The van der Waals surface area contributed by atoms with Gasteiger partial charge < -0.3 is 19.0 Å². The van der Waals surface area contributed by atoms with Gasteiger partial charge in [0.25, 0.3) is 5.91 Å². The van der Waals surface area contributed by atoms with Crippen LogP contribution in [0.5, 0.6) is 0 Å². The lowest BCUT2D eigenvalue weighted by atomic mass is 10.2. The molecule has 0 aliphatic carbocycles. The van der Waals surface area contributed by atoms with Crippen LogP contribution in [-0.2, 0) is 4.74 Å². The molecule has 0 spiro atoms. The first-order chi connectivity index (χ1) is 10.8. The Morgan fingerprint density at radius 3 is 2.73 bits per heavy atom. The van der Waals surface area contributed by atoms with E-state index in [2.05, 4.69) is 11.0 Å². The van der Waals surface area contributed by atoms with Crippen molar-refractivity contribution in [3.05, 3.63) is 48.4 Å². The van der Waals surface area contributed by atoms with Crippen LogP contribution < -0.4 is 9.80 Å². The second-order valence-corrected chi connectivity index (χ2v) is 5.26. The average molecular weight is 300 g/mol. The molecular weight excluding hydrogens is 280 g/mol. The third-order valence-electron chi connectivity index (χ3n) is 3.87. The Morgan fingerprint density at radius 1 is 1.18 bits per heavy atom. The number of amides is 1. The zero-order valence-corrected chi connectivity index (χ0v) is 12.7. The molecule has 0 fully saturated rings. The summed E-state index contributed by atoms with van der Waals surface area (Å²) in [5.74, 6) is 0.284. The molecule has 0 saturated carbocycles. The lowest BCUT2D eigenvalue weighted by Crippen LogP contribution is -2.31.